The summed E-state index contributed by atoms with van der Waals surface area (Å²) in [6.45, 7) is 0.399. The zero-order chi connectivity index (χ0) is 18.2. The number of amides is 1. The fourth-order valence-electron chi connectivity index (χ4n) is 2.39. The van der Waals surface area contributed by atoms with E-state index in [1.165, 1.54) is 0 Å². The van der Waals surface area contributed by atoms with E-state index in [9.17, 15) is 4.79 Å². The molecule has 0 aromatic heterocycles. The summed E-state index contributed by atoms with van der Waals surface area (Å²) in [5, 5.41) is 3.39. The maximum atomic E-state index is 12.1. The highest BCUT2D eigenvalue weighted by molar-refractivity contribution is 6.32. The minimum absolute atomic E-state index is 0.0511. The number of carbonyl (C=O) groups is 1. The molecule has 6 heteroatoms. The van der Waals surface area contributed by atoms with Crippen LogP contribution in [0.25, 0.3) is 0 Å². The molecule has 1 N–H and O–H groups in total. The molecule has 2 rings (SSSR count). The van der Waals surface area contributed by atoms with Crippen molar-refractivity contribution in [2.24, 2.45) is 0 Å². The molecule has 0 radical (unpaired) electrons. The number of carbonyl (C=O) groups excluding carboxylic acids is 1. The van der Waals surface area contributed by atoms with Crippen LogP contribution in [0, 0.1) is 0 Å². The quantitative estimate of drug-likeness (QED) is 0.783. The van der Waals surface area contributed by atoms with Crippen molar-refractivity contribution < 1.29 is 14.3 Å². The lowest BCUT2D eigenvalue weighted by Gasteiger charge is -2.25. The molecule has 0 fully saturated rings. The molecule has 2 aromatic carbocycles. The Balaban J connectivity index is 1.89. The number of ether oxygens (including phenoxy) is 2. The van der Waals surface area contributed by atoms with Gasteiger partial charge in [-0.15, -0.1) is 0 Å². The Kier molecular flexibility index (Phi) is 7.10. The Bertz CT molecular complexity index is 689. The van der Waals surface area contributed by atoms with Gasteiger partial charge in [0.1, 0.15) is 11.5 Å². The molecule has 134 valence electrons. The zero-order valence-corrected chi connectivity index (χ0v) is 15.4. The monoisotopic (exact) mass is 362 g/mol. The number of hydrogen-bond donors (Lipinski definition) is 1. The number of para-hydroxylation sites is 1. The lowest BCUT2D eigenvalue weighted by molar-refractivity contribution is -0.123. The van der Waals surface area contributed by atoms with Gasteiger partial charge in [0, 0.05) is 6.54 Å². The summed E-state index contributed by atoms with van der Waals surface area (Å²) in [6, 6.07) is 14.9. The molecule has 0 heterocycles. The molecule has 0 bridgehead atoms. The summed E-state index contributed by atoms with van der Waals surface area (Å²) < 4.78 is 10.6. The second kappa shape index (κ2) is 9.30. The predicted octanol–water partition coefficient (Wildman–Crippen LogP) is 3.15. The Morgan fingerprint density at radius 1 is 1.16 bits per heavy atom. The second-order valence-electron chi connectivity index (χ2n) is 5.78. The van der Waals surface area contributed by atoms with Gasteiger partial charge in [-0.3, -0.25) is 4.79 Å². The molecule has 25 heavy (non-hydrogen) atoms. The minimum atomic E-state index is -0.194. The van der Waals surface area contributed by atoms with Gasteiger partial charge in [0.15, 0.2) is 6.61 Å². The highest BCUT2D eigenvalue weighted by atomic mass is 35.5. The first-order valence-electron chi connectivity index (χ1n) is 7.95. The van der Waals surface area contributed by atoms with E-state index in [-0.39, 0.29) is 18.6 Å². The van der Waals surface area contributed by atoms with Crippen LogP contribution >= 0.6 is 11.6 Å². The van der Waals surface area contributed by atoms with Crippen molar-refractivity contribution in [3.05, 3.63) is 59.1 Å². The van der Waals surface area contributed by atoms with Crippen molar-refractivity contribution in [3.8, 4) is 11.5 Å². The van der Waals surface area contributed by atoms with Gasteiger partial charge in [0.05, 0.1) is 18.2 Å². The van der Waals surface area contributed by atoms with E-state index in [0.717, 1.165) is 11.3 Å². The molecule has 1 amide bonds. The Labute approximate surface area is 153 Å². The normalized spacial score (nSPS) is 11.9. The first kappa shape index (κ1) is 19.1. The topological polar surface area (TPSA) is 50.8 Å². The van der Waals surface area contributed by atoms with Crippen LogP contribution in [0.3, 0.4) is 0 Å². The molecule has 0 aliphatic heterocycles. The van der Waals surface area contributed by atoms with Gasteiger partial charge in [-0.1, -0.05) is 35.9 Å². The summed E-state index contributed by atoms with van der Waals surface area (Å²) in [7, 11) is 5.58. The zero-order valence-electron chi connectivity index (χ0n) is 14.7. The smallest absolute Gasteiger partial charge is 0.258 e. The summed E-state index contributed by atoms with van der Waals surface area (Å²) in [6.07, 6.45) is 0. The lowest BCUT2D eigenvalue weighted by Crippen LogP contribution is -2.36. The third-order valence-corrected chi connectivity index (χ3v) is 4.12. The first-order valence-corrected chi connectivity index (χ1v) is 8.33. The van der Waals surface area contributed by atoms with Crippen LogP contribution in [0.4, 0.5) is 0 Å². The number of hydrogen-bond acceptors (Lipinski definition) is 4. The Morgan fingerprint density at radius 2 is 1.84 bits per heavy atom. The van der Waals surface area contributed by atoms with Crippen LogP contribution in [-0.2, 0) is 4.79 Å². The maximum Gasteiger partial charge on any atom is 0.258 e. The fourth-order valence-corrected chi connectivity index (χ4v) is 2.58. The number of nitrogens with one attached hydrogen (secondary N) is 1. The van der Waals surface area contributed by atoms with Gasteiger partial charge in [0.25, 0.3) is 5.91 Å². The summed E-state index contributed by atoms with van der Waals surface area (Å²) in [4.78, 5) is 14.1. The number of nitrogens with zero attached hydrogens (tertiary/aromatic N) is 1. The fraction of sp³-hybridized carbons (Fsp3) is 0.316. The van der Waals surface area contributed by atoms with Crippen molar-refractivity contribution in [2.45, 2.75) is 6.04 Å². The largest absolute Gasteiger partial charge is 0.497 e. The lowest BCUT2D eigenvalue weighted by atomic mass is 10.1. The molecule has 5 nitrogen and oxygen atoms in total. The molecule has 1 atom stereocenters. The number of rotatable bonds is 8. The highest BCUT2D eigenvalue weighted by Gasteiger charge is 2.16. The first-order chi connectivity index (χ1) is 12.0. The second-order valence-corrected chi connectivity index (χ2v) is 6.18. The van der Waals surface area contributed by atoms with Gasteiger partial charge in [-0.2, -0.15) is 0 Å². The van der Waals surface area contributed by atoms with Gasteiger partial charge in [-0.05, 0) is 43.9 Å². The number of methoxy groups -OCH3 is 1. The van der Waals surface area contributed by atoms with E-state index >= 15 is 0 Å². The van der Waals surface area contributed by atoms with E-state index in [4.69, 9.17) is 21.1 Å². The van der Waals surface area contributed by atoms with Crippen molar-refractivity contribution >= 4 is 17.5 Å². The molecular weight excluding hydrogens is 340 g/mol. The van der Waals surface area contributed by atoms with E-state index in [1.54, 1.807) is 19.2 Å². The van der Waals surface area contributed by atoms with E-state index in [1.807, 2.05) is 50.5 Å². The molecule has 0 saturated heterocycles. The van der Waals surface area contributed by atoms with E-state index in [0.29, 0.717) is 17.3 Å². The molecule has 1 unspecified atom stereocenters. The van der Waals surface area contributed by atoms with E-state index in [2.05, 4.69) is 10.2 Å². The Hall–Kier alpha value is -2.24. The molecule has 2 aromatic rings. The molecule has 0 aliphatic rings. The van der Waals surface area contributed by atoms with Gasteiger partial charge < -0.3 is 19.7 Å². The van der Waals surface area contributed by atoms with Gasteiger partial charge >= 0.3 is 0 Å². The van der Waals surface area contributed by atoms with Crippen molar-refractivity contribution in [3.63, 3.8) is 0 Å². The van der Waals surface area contributed by atoms with Crippen LogP contribution in [0.15, 0.2) is 48.5 Å². The molecule has 0 spiro atoms. The molecule has 0 saturated carbocycles. The minimum Gasteiger partial charge on any atom is -0.497 e. The molecule has 0 aliphatic carbocycles. The summed E-state index contributed by atoms with van der Waals surface area (Å²) >= 11 is 6.01. The van der Waals surface area contributed by atoms with Crippen LogP contribution < -0.4 is 14.8 Å². The number of benzene rings is 2. The molecular formula is C19H23ClN2O3. The standard InChI is InChI=1S/C19H23ClN2O3/c1-22(2)17(14-8-10-15(24-3)11-9-14)12-21-19(23)13-25-18-7-5-4-6-16(18)20/h4-11,17H,12-13H2,1-3H3,(H,21,23). The van der Waals surface area contributed by atoms with Gasteiger partial charge in [0.2, 0.25) is 0 Å². The Morgan fingerprint density at radius 3 is 2.44 bits per heavy atom. The highest BCUT2D eigenvalue weighted by Crippen LogP contribution is 2.23. The summed E-state index contributed by atoms with van der Waals surface area (Å²) in [5.74, 6) is 1.11. The van der Waals surface area contributed by atoms with Crippen LogP contribution in [-0.4, -0.2) is 45.2 Å². The number of likely N-dealkylation sites (N-methyl/N-ethyl adjacent to an activating group) is 1. The predicted molar refractivity (Wildman–Crippen MR) is 99.4 cm³/mol. The van der Waals surface area contributed by atoms with Crippen molar-refractivity contribution in [1.29, 1.82) is 0 Å². The van der Waals surface area contributed by atoms with Gasteiger partial charge in [-0.25, -0.2) is 0 Å². The SMILES string of the molecule is COc1ccc(C(CNC(=O)COc2ccccc2Cl)N(C)C)cc1. The van der Waals surface area contributed by atoms with Crippen LogP contribution in [0.2, 0.25) is 5.02 Å². The van der Waals surface area contributed by atoms with Crippen molar-refractivity contribution in [2.75, 3.05) is 34.4 Å². The van der Waals surface area contributed by atoms with Crippen LogP contribution in [0.1, 0.15) is 11.6 Å². The average molecular weight is 363 g/mol. The van der Waals surface area contributed by atoms with Crippen LogP contribution in [0.5, 0.6) is 11.5 Å². The van der Waals surface area contributed by atoms with E-state index < -0.39 is 0 Å². The van der Waals surface area contributed by atoms with Crippen molar-refractivity contribution in [1.82, 2.24) is 10.2 Å². The third-order valence-electron chi connectivity index (χ3n) is 3.81. The maximum absolute atomic E-state index is 12.1. The number of halogens is 1. The summed E-state index contributed by atoms with van der Waals surface area (Å²) in [5.41, 5.74) is 1.10. The third kappa shape index (κ3) is 5.66. The average Bonchev–Trinajstić information content (AvgIpc) is 2.61.